The van der Waals surface area contributed by atoms with E-state index < -0.39 is 0 Å². The molecule has 0 heterocycles. The van der Waals surface area contributed by atoms with Crippen LogP contribution >= 0.6 is 0 Å². The molecular formula is C24H18. The molecule has 0 atom stereocenters. The van der Waals surface area contributed by atoms with Crippen LogP contribution in [0.5, 0.6) is 0 Å². The first-order valence-electron chi connectivity index (χ1n) is 8.48. The molecule has 0 aliphatic rings. The van der Waals surface area contributed by atoms with Crippen LogP contribution in [0.2, 0.25) is 0 Å². The zero-order valence-corrected chi connectivity index (χ0v) is 13.9. The number of rotatable bonds is 0. The molecule has 0 saturated heterocycles. The lowest BCUT2D eigenvalue weighted by atomic mass is 9.89. The summed E-state index contributed by atoms with van der Waals surface area (Å²) in [6, 6.07) is 26.6. The van der Waals surface area contributed by atoms with Gasteiger partial charge in [-0.05, 0) is 68.1 Å². The van der Waals surface area contributed by atoms with E-state index in [4.69, 9.17) is 0 Å². The van der Waals surface area contributed by atoms with Crippen molar-refractivity contribution in [2.24, 2.45) is 0 Å². The average Bonchev–Trinajstić information content (AvgIpc) is 2.65. The van der Waals surface area contributed by atoms with Crippen LogP contribution in [0.4, 0.5) is 0 Å². The summed E-state index contributed by atoms with van der Waals surface area (Å²) in [5, 5.41) is 10.8. The van der Waals surface area contributed by atoms with Gasteiger partial charge in [-0.2, -0.15) is 0 Å². The van der Waals surface area contributed by atoms with Crippen LogP contribution in [-0.2, 0) is 0 Å². The van der Waals surface area contributed by atoms with E-state index in [2.05, 4.69) is 86.6 Å². The van der Waals surface area contributed by atoms with Crippen LogP contribution < -0.4 is 0 Å². The van der Waals surface area contributed by atoms with Crippen molar-refractivity contribution in [3.05, 3.63) is 83.9 Å². The Hall–Kier alpha value is -2.86. The van der Waals surface area contributed by atoms with Crippen LogP contribution in [0.25, 0.3) is 43.1 Å². The van der Waals surface area contributed by atoms with Crippen LogP contribution in [0.1, 0.15) is 11.1 Å². The first-order chi connectivity index (χ1) is 11.8. The number of hydrogen-bond acceptors (Lipinski definition) is 0. The van der Waals surface area contributed by atoms with Gasteiger partial charge in [-0.15, -0.1) is 0 Å². The lowest BCUT2D eigenvalue weighted by Crippen LogP contribution is -1.90. The molecule has 0 N–H and O–H groups in total. The Kier molecular flexibility index (Phi) is 2.72. The van der Waals surface area contributed by atoms with Gasteiger partial charge in [-0.1, -0.05) is 72.8 Å². The van der Waals surface area contributed by atoms with Crippen LogP contribution in [0, 0.1) is 13.8 Å². The van der Waals surface area contributed by atoms with Gasteiger partial charge in [0.2, 0.25) is 0 Å². The second-order valence-electron chi connectivity index (χ2n) is 6.67. The summed E-state index contributed by atoms with van der Waals surface area (Å²) in [6.07, 6.45) is 0. The Labute approximate surface area is 141 Å². The second-order valence-corrected chi connectivity index (χ2v) is 6.67. The minimum atomic E-state index is 1.31. The predicted octanol–water partition coefficient (Wildman–Crippen LogP) is 6.92. The van der Waals surface area contributed by atoms with Crippen molar-refractivity contribution in [1.29, 1.82) is 0 Å². The zero-order valence-electron chi connectivity index (χ0n) is 13.9. The highest BCUT2D eigenvalue weighted by Crippen LogP contribution is 2.38. The monoisotopic (exact) mass is 306 g/mol. The topological polar surface area (TPSA) is 0 Å². The molecule has 5 rings (SSSR count). The Morgan fingerprint density at radius 1 is 0.417 bits per heavy atom. The molecule has 0 unspecified atom stereocenters. The molecule has 0 radical (unpaired) electrons. The first-order valence-corrected chi connectivity index (χ1v) is 8.48. The molecule has 0 fully saturated rings. The first kappa shape index (κ1) is 13.6. The van der Waals surface area contributed by atoms with E-state index in [-0.39, 0.29) is 0 Å². The van der Waals surface area contributed by atoms with Gasteiger partial charge in [0.05, 0.1) is 0 Å². The molecule has 5 aromatic rings. The lowest BCUT2D eigenvalue weighted by Gasteiger charge is -2.15. The molecule has 0 aromatic heterocycles. The van der Waals surface area contributed by atoms with Gasteiger partial charge in [0.15, 0.2) is 0 Å². The quantitative estimate of drug-likeness (QED) is 0.215. The van der Waals surface area contributed by atoms with Crippen LogP contribution in [-0.4, -0.2) is 0 Å². The van der Waals surface area contributed by atoms with Crippen LogP contribution in [0.3, 0.4) is 0 Å². The third kappa shape index (κ3) is 1.68. The Balaban J connectivity index is 2.10. The molecule has 114 valence electrons. The van der Waals surface area contributed by atoms with E-state index >= 15 is 0 Å². The zero-order chi connectivity index (χ0) is 16.3. The van der Waals surface area contributed by atoms with Crippen molar-refractivity contribution in [2.45, 2.75) is 13.8 Å². The summed E-state index contributed by atoms with van der Waals surface area (Å²) in [5.74, 6) is 0. The SMILES string of the molecule is Cc1c2ccccc2c(C)c2c1ccc1c3ccccc3ccc12. The van der Waals surface area contributed by atoms with Crippen molar-refractivity contribution in [3.63, 3.8) is 0 Å². The van der Waals surface area contributed by atoms with E-state index in [9.17, 15) is 0 Å². The minimum absolute atomic E-state index is 1.31. The van der Waals surface area contributed by atoms with Crippen molar-refractivity contribution < 1.29 is 0 Å². The maximum atomic E-state index is 2.30. The molecule has 5 aromatic carbocycles. The Morgan fingerprint density at radius 2 is 1.00 bits per heavy atom. The van der Waals surface area contributed by atoms with Crippen molar-refractivity contribution in [2.75, 3.05) is 0 Å². The van der Waals surface area contributed by atoms with E-state index in [1.54, 1.807) is 0 Å². The third-order valence-corrected chi connectivity index (χ3v) is 5.44. The molecule has 0 saturated carbocycles. The van der Waals surface area contributed by atoms with E-state index in [1.165, 1.54) is 54.2 Å². The molecule has 0 heteroatoms. The maximum absolute atomic E-state index is 2.30. The highest BCUT2D eigenvalue weighted by atomic mass is 14.2. The molecule has 0 aliphatic carbocycles. The molecule has 0 spiro atoms. The van der Waals surface area contributed by atoms with Gasteiger partial charge in [-0.25, -0.2) is 0 Å². The average molecular weight is 306 g/mol. The Morgan fingerprint density at radius 3 is 1.79 bits per heavy atom. The standard InChI is InChI=1S/C24H18/c1-15-18-8-5-6-9-19(18)16(2)24-20(15)13-14-22-21-10-4-3-7-17(21)11-12-23(22)24/h3-14H,1-2H3. The van der Waals surface area contributed by atoms with Gasteiger partial charge < -0.3 is 0 Å². The van der Waals surface area contributed by atoms with Crippen molar-refractivity contribution in [1.82, 2.24) is 0 Å². The summed E-state index contributed by atoms with van der Waals surface area (Å²) in [6.45, 7) is 4.51. The largest absolute Gasteiger partial charge is 0.0616 e. The predicted molar refractivity (Wildman–Crippen MR) is 106 cm³/mol. The molecule has 0 nitrogen and oxygen atoms in total. The highest BCUT2D eigenvalue weighted by molar-refractivity contribution is 6.21. The molecular weight excluding hydrogens is 288 g/mol. The van der Waals surface area contributed by atoms with Gasteiger partial charge >= 0.3 is 0 Å². The van der Waals surface area contributed by atoms with Gasteiger partial charge in [0, 0.05) is 0 Å². The minimum Gasteiger partial charge on any atom is -0.0616 e. The van der Waals surface area contributed by atoms with Gasteiger partial charge in [-0.3, -0.25) is 0 Å². The highest BCUT2D eigenvalue weighted by Gasteiger charge is 2.12. The molecule has 24 heavy (non-hydrogen) atoms. The number of fused-ring (bicyclic) bond motifs is 6. The van der Waals surface area contributed by atoms with E-state index in [0.29, 0.717) is 0 Å². The maximum Gasteiger partial charge on any atom is -0.00668 e. The normalized spacial score (nSPS) is 11.8. The number of benzene rings is 5. The fourth-order valence-electron chi connectivity index (χ4n) is 4.22. The third-order valence-electron chi connectivity index (χ3n) is 5.44. The fraction of sp³-hybridized carbons (Fsp3) is 0.0833. The molecule has 0 amide bonds. The second kappa shape index (κ2) is 4.82. The number of hydrogen-bond donors (Lipinski definition) is 0. The van der Waals surface area contributed by atoms with E-state index in [0.717, 1.165) is 0 Å². The smallest absolute Gasteiger partial charge is 0.00668 e. The molecule has 0 aliphatic heterocycles. The van der Waals surface area contributed by atoms with Crippen LogP contribution in [0.15, 0.2) is 72.8 Å². The summed E-state index contributed by atoms with van der Waals surface area (Å²) in [5.41, 5.74) is 2.76. The number of aryl methyl sites for hydroxylation is 2. The summed E-state index contributed by atoms with van der Waals surface area (Å²) < 4.78 is 0. The van der Waals surface area contributed by atoms with E-state index in [1.807, 2.05) is 0 Å². The summed E-state index contributed by atoms with van der Waals surface area (Å²) in [4.78, 5) is 0. The lowest BCUT2D eigenvalue weighted by molar-refractivity contribution is 1.53. The van der Waals surface area contributed by atoms with Crippen molar-refractivity contribution in [3.8, 4) is 0 Å². The summed E-state index contributed by atoms with van der Waals surface area (Å²) in [7, 11) is 0. The van der Waals surface area contributed by atoms with Gasteiger partial charge in [0.1, 0.15) is 0 Å². The van der Waals surface area contributed by atoms with Crippen molar-refractivity contribution >= 4 is 43.1 Å². The van der Waals surface area contributed by atoms with Gasteiger partial charge in [0.25, 0.3) is 0 Å². The summed E-state index contributed by atoms with van der Waals surface area (Å²) >= 11 is 0. The Bertz CT molecular complexity index is 1260. The molecule has 0 bridgehead atoms. The fourth-order valence-corrected chi connectivity index (χ4v) is 4.22.